The highest BCUT2D eigenvalue weighted by Crippen LogP contribution is 2.30. The summed E-state index contributed by atoms with van der Waals surface area (Å²) in [6.07, 6.45) is -2.31. The number of aliphatic hydroxyl groups excluding tert-OH is 1. The maximum atomic E-state index is 13.5. The molecule has 1 saturated heterocycles. The third-order valence-electron chi connectivity index (χ3n) is 3.76. The average Bonchev–Trinajstić information content (AvgIpc) is 2.78. The molecule has 0 saturated carbocycles. The van der Waals surface area contributed by atoms with Crippen LogP contribution in [0.4, 0.5) is 10.2 Å². The van der Waals surface area contributed by atoms with E-state index >= 15 is 0 Å². The van der Waals surface area contributed by atoms with Gasteiger partial charge in [0.1, 0.15) is 24.2 Å². The van der Waals surface area contributed by atoms with Crippen molar-refractivity contribution in [1.82, 2.24) is 4.98 Å². The van der Waals surface area contributed by atoms with Crippen LogP contribution in [0.5, 0.6) is 0 Å². The van der Waals surface area contributed by atoms with Crippen LogP contribution < -0.4 is 4.90 Å². The van der Waals surface area contributed by atoms with E-state index in [9.17, 15) is 14.8 Å². The Bertz CT molecular complexity index is 700. The Balaban J connectivity index is 2.18. The van der Waals surface area contributed by atoms with Crippen LogP contribution in [-0.2, 0) is 0 Å². The SMILES string of the molecule is Cc1c(C#N)c(N2C[C@@H](O)[C@H](F)C2)nc2ccccc12. The van der Waals surface area contributed by atoms with E-state index in [4.69, 9.17) is 0 Å². The predicted octanol–water partition coefficient (Wildman–Crippen LogP) is 1.93. The summed E-state index contributed by atoms with van der Waals surface area (Å²) in [5, 5.41) is 19.8. The highest BCUT2D eigenvalue weighted by molar-refractivity contribution is 5.87. The van der Waals surface area contributed by atoms with Crippen LogP contribution >= 0.6 is 0 Å². The monoisotopic (exact) mass is 271 g/mol. The number of hydrogen-bond donors (Lipinski definition) is 1. The van der Waals surface area contributed by atoms with Crippen molar-refractivity contribution < 1.29 is 9.50 Å². The Morgan fingerprint density at radius 2 is 2.15 bits per heavy atom. The Labute approximate surface area is 116 Å². The van der Waals surface area contributed by atoms with Crippen molar-refractivity contribution in [3.8, 4) is 6.07 Å². The first-order chi connectivity index (χ1) is 9.61. The number of alkyl halides is 1. The molecule has 2 heterocycles. The van der Waals surface area contributed by atoms with Crippen LogP contribution in [0.3, 0.4) is 0 Å². The van der Waals surface area contributed by atoms with Crippen LogP contribution in [0.2, 0.25) is 0 Å². The van der Waals surface area contributed by atoms with E-state index in [0.717, 1.165) is 16.5 Å². The van der Waals surface area contributed by atoms with Gasteiger partial charge in [-0.3, -0.25) is 0 Å². The minimum absolute atomic E-state index is 0.0701. The van der Waals surface area contributed by atoms with Gasteiger partial charge in [0.15, 0.2) is 0 Å². The van der Waals surface area contributed by atoms with Crippen molar-refractivity contribution in [2.75, 3.05) is 18.0 Å². The molecule has 102 valence electrons. The van der Waals surface area contributed by atoms with Gasteiger partial charge in [0, 0.05) is 11.9 Å². The topological polar surface area (TPSA) is 60.2 Å². The summed E-state index contributed by atoms with van der Waals surface area (Å²) in [5.41, 5.74) is 2.06. The zero-order chi connectivity index (χ0) is 14.3. The van der Waals surface area contributed by atoms with E-state index < -0.39 is 12.3 Å². The lowest BCUT2D eigenvalue weighted by molar-refractivity contribution is 0.118. The van der Waals surface area contributed by atoms with Crippen LogP contribution in [0.1, 0.15) is 11.1 Å². The number of hydrogen-bond acceptors (Lipinski definition) is 4. The Morgan fingerprint density at radius 3 is 2.80 bits per heavy atom. The maximum absolute atomic E-state index is 13.5. The number of nitrogens with zero attached hydrogens (tertiary/aromatic N) is 3. The van der Waals surface area contributed by atoms with Gasteiger partial charge in [-0.1, -0.05) is 18.2 Å². The molecule has 1 aromatic carbocycles. The minimum Gasteiger partial charge on any atom is -0.388 e. The number of β-amino-alcohol motifs (C(OH)–C–C–N with tert-alkyl or cyclic N) is 1. The first kappa shape index (κ1) is 12.8. The molecule has 4 nitrogen and oxygen atoms in total. The van der Waals surface area contributed by atoms with Gasteiger partial charge >= 0.3 is 0 Å². The quantitative estimate of drug-likeness (QED) is 0.861. The fourth-order valence-electron chi connectivity index (χ4n) is 2.64. The third-order valence-corrected chi connectivity index (χ3v) is 3.76. The van der Waals surface area contributed by atoms with Crippen LogP contribution in [0, 0.1) is 18.3 Å². The van der Waals surface area contributed by atoms with Crippen LogP contribution in [0.15, 0.2) is 24.3 Å². The van der Waals surface area contributed by atoms with Crippen molar-refractivity contribution in [2.24, 2.45) is 0 Å². The average molecular weight is 271 g/mol. The number of aromatic nitrogens is 1. The second-order valence-electron chi connectivity index (χ2n) is 5.05. The van der Waals surface area contributed by atoms with Gasteiger partial charge in [-0.15, -0.1) is 0 Å². The van der Waals surface area contributed by atoms with Crippen molar-refractivity contribution in [2.45, 2.75) is 19.2 Å². The van der Waals surface area contributed by atoms with E-state index in [-0.39, 0.29) is 13.1 Å². The number of fused-ring (bicyclic) bond motifs is 1. The second kappa shape index (κ2) is 4.73. The molecule has 2 atom stereocenters. The summed E-state index contributed by atoms with van der Waals surface area (Å²) in [5.74, 6) is 0.461. The second-order valence-corrected chi connectivity index (χ2v) is 5.05. The van der Waals surface area contributed by atoms with E-state index in [1.807, 2.05) is 31.2 Å². The van der Waals surface area contributed by atoms with E-state index in [0.29, 0.717) is 11.4 Å². The summed E-state index contributed by atoms with van der Waals surface area (Å²) < 4.78 is 13.5. The number of aliphatic hydroxyl groups is 1. The smallest absolute Gasteiger partial charge is 0.147 e. The first-order valence-electron chi connectivity index (χ1n) is 6.48. The lowest BCUT2D eigenvalue weighted by Gasteiger charge is -2.19. The molecule has 0 radical (unpaired) electrons. The van der Waals surface area contributed by atoms with Gasteiger partial charge in [0.2, 0.25) is 0 Å². The van der Waals surface area contributed by atoms with Crippen molar-refractivity contribution >= 4 is 16.7 Å². The van der Waals surface area contributed by atoms with E-state index in [1.54, 1.807) is 4.90 Å². The Kier molecular flexibility index (Phi) is 3.03. The van der Waals surface area contributed by atoms with Crippen molar-refractivity contribution in [1.29, 1.82) is 5.26 Å². The summed E-state index contributed by atoms with van der Waals surface area (Å²) in [4.78, 5) is 6.13. The number of nitriles is 1. The van der Waals surface area contributed by atoms with E-state index in [2.05, 4.69) is 11.1 Å². The zero-order valence-corrected chi connectivity index (χ0v) is 11.0. The Morgan fingerprint density at radius 1 is 1.40 bits per heavy atom. The molecule has 0 bridgehead atoms. The number of anilines is 1. The van der Waals surface area contributed by atoms with E-state index in [1.165, 1.54) is 0 Å². The molecule has 0 unspecified atom stereocenters. The fourth-order valence-corrected chi connectivity index (χ4v) is 2.64. The van der Waals surface area contributed by atoms with Crippen LogP contribution in [-0.4, -0.2) is 35.5 Å². The van der Waals surface area contributed by atoms with Crippen molar-refractivity contribution in [3.63, 3.8) is 0 Å². The van der Waals surface area contributed by atoms with Gasteiger partial charge in [-0.05, 0) is 18.6 Å². The molecule has 5 heteroatoms. The lowest BCUT2D eigenvalue weighted by Crippen LogP contribution is -2.23. The standard InChI is InChI=1S/C15H14FN3O/c1-9-10-4-2-3-5-13(10)18-15(11(9)6-17)19-7-12(16)14(20)8-19/h2-5,12,14,20H,7-8H2,1H3/t12-,14-/m1/s1. The van der Waals surface area contributed by atoms with Gasteiger partial charge < -0.3 is 10.0 Å². The Hall–Kier alpha value is -2.19. The summed E-state index contributed by atoms with van der Waals surface area (Å²) in [7, 11) is 0. The number of halogens is 1. The molecule has 20 heavy (non-hydrogen) atoms. The molecule has 1 aromatic heterocycles. The van der Waals surface area contributed by atoms with Gasteiger partial charge in [-0.25, -0.2) is 9.37 Å². The maximum Gasteiger partial charge on any atom is 0.147 e. The third kappa shape index (κ3) is 1.89. The molecule has 0 spiro atoms. The molecule has 1 aliphatic rings. The number of para-hydroxylation sites is 1. The first-order valence-corrected chi connectivity index (χ1v) is 6.48. The molecule has 1 aliphatic heterocycles. The minimum atomic E-state index is -1.30. The van der Waals surface area contributed by atoms with Gasteiger partial charge in [-0.2, -0.15) is 5.26 Å². The normalized spacial score (nSPS) is 22.2. The summed E-state index contributed by atoms with van der Waals surface area (Å²) >= 11 is 0. The number of aryl methyl sites for hydroxylation is 1. The van der Waals surface area contributed by atoms with Gasteiger partial charge in [0.25, 0.3) is 0 Å². The predicted molar refractivity (Wildman–Crippen MR) is 74.3 cm³/mol. The molecule has 0 aliphatic carbocycles. The lowest BCUT2D eigenvalue weighted by atomic mass is 10.0. The molecular formula is C15H14FN3O. The number of pyridine rings is 1. The van der Waals surface area contributed by atoms with Crippen molar-refractivity contribution in [3.05, 3.63) is 35.4 Å². The highest BCUT2D eigenvalue weighted by atomic mass is 19.1. The molecule has 1 N–H and O–H groups in total. The van der Waals surface area contributed by atoms with Gasteiger partial charge in [0.05, 0.1) is 17.6 Å². The fraction of sp³-hybridized carbons (Fsp3) is 0.333. The number of rotatable bonds is 1. The summed E-state index contributed by atoms with van der Waals surface area (Å²) in [6, 6.07) is 9.71. The summed E-state index contributed by atoms with van der Waals surface area (Å²) in [6.45, 7) is 2.10. The molecule has 3 rings (SSSR count). The zero-order valence-electron chi connectivity index (χ0n) is 11.0. The molecule has 2 aromatic rings. The molecular weight excluding hydrogens is 257 g/mol. The molecule has 1 fully saturated rings. The number of benzene rings is 1. The largest absolute Gasteiger partial charge is 0.388 e. The molecule has 0 amide bonds. The highest BCUT2D eigenvalue weighted by Gasteiger charge is 2.33. The van der Waals surface area contributed by atoms with Crippen LogP contribution in [0.25, 0.3) is 10.9 Å².